The Morgan fingerprint density at radius 3 is 2.00 bits per heavy atom. The summed E-state index contributed by atoms with van der Waals surface area (Å²) >= 11 is 0. The summed E-state index contributed by atoms with van der Waals surface area (Å²) in [7, 11) is 0. The fourth-order valence-corrected chi connectivity index (χ4v) is 1.93. The average molecular weight is 254 g/mol. The highest BCUT2D eigenvalue weighted by atomic mass is 16.2. The van der Waals surface area contributed by atoms with E-state index in [2.05, 4.69) is 0 Å². The average Bonchev–Trinajstić information content (AvgIpc) is 2.40. The number of rotatable bonds is 5. The van der Waals surface area contributed by atoms with Crippen molar-refractivity contribution in [2.75, 3.05) is 6.61 Å². The van der Waals surface area contributed by atoms with Gasteiger partial charge in [0.05, 0.1) is 13.0 Å². The molecule has 0 aliphatic rings. The lowest BCUT2D eigenvalue weighted by molar-refractivity contribution is -0.117. The van der Waals surface area contributed by atoms with Gasteiger partial charge in [-0.15, -0.1) is 0 Å². The van der Waals surface area contributed by atoms with Crippen molar-refractivity contribution in [2.45, 2.75) is 6.42 Å². The summed E-state index contributed by atoms with van der Waals surface area (Å²) in [4.78, 5) is 10.8. The first kappa shape index (κ1) is 13.3. The summed E-state index contributed by atoms with van der Waals surface area (Å²) in [5.74, 6) is -0.323. The number of amides is 1. The molecule has 2 aromatic rings. The Bertz CT molecular complexity index is 544. The molecule has 3 nitrogen and oxygen atoms in total. The fourth-order valence-electron chi connectivity index (χ4n) is 1.93. The van der Waals surface area contributed by atoms with E-state index in [1.165, 1.54) is 0 Å². The van der Waals surface area contributed by atoms with Crippen LogP contribution in [0, 0.1) is 6.42 Å². The molecule has 0 aromatic heterocycles. The van der Waals surface area contributed by atoms with Crippen LogP contribution >= 0.6 is 0 Å². The number of hydrogen-bond donors (Lipinski definition) is 2. The lowest BCUT2D eigenvalue weighted by Gasteiger charge is -2.05. The van der Waals surface area contributed by atoms with Crippen molar-refractivity contribution in [3.05, 3.63) is 66.1 Å². The molecule has 97 valence electrons. The molecule has 0 spiro atoms. The van der Waals surface area contributed by atoms with Crippen LogP contribution < -0.4 is 5.73 Å². The van der Waals surface area contributed by atoms with E-state index in [1.807, 2.05) is 48.5 Å². The summed E-state index contributed by atoms with van der Waals surface area (Å²) in [5, 5.41) is 8.82. The zero-order valence-electron chi connectivity index (χ0n) is 10.5. The molecule has 3 heteroatoms. The molecule has 0 atom stereocenters. The third-order valence-corrected chi connectivity index (χ3v) is 2.90. The predicted molar refractivity (Wildman–Crippen MR) is 75.3 cm³/mol. The van der Waals surface area contributed by atoms with Gasteiger partial charge in [-0.2, -0.15) is 0 Å². The Balaban J connectivity index is 2.15. The molecule has 0 unspecified atom stereocenters. The van der Waals surface area contributed by atoms with Crippen LogP contribution in [0.5, 0.6) is 0 Å². The first-order chi connectivity index (χ1) is 9.19. The van der Waals surface area contributed by atoms with Crippen molar-refractivity contribution in [3.8, 4) is 11.1 Å². The number of carbonyl (C=O) groups is 1. The maximum absolute atomic E-state index is 10.8. The molecule has 0 saturated carbocycles. The molecule has 0 fully saturated rings. The number of aliphatic hydroxyl groups excluding tert-OH is 1. The van der Waals surface area contributed by atoms with Crippen molar-refractivity contribution in [1.82, 2.24) is 0 Å². The minimum absolute atomic E-state index is 0.0428. The quantitative estimate of drug-likeness (QED) is 0.856. The van der Waals surface area contributed by atoms with Gasteiger partial charge in [0.15, 0.2) is 0 Å². The lowest BCUT2D eigenvalue weighted by atomic mass is 10.0. The van der Waals surface area contributed by atoms with Crippen LogP contribution in [0.3, 0.4) is 0 Å². The molecule has 0 saturated heterocycles. The molecule has 1 amide bonds. The molecule has 0 aliphatic heterocycles. The monoisotopic (exact) mass is 254 g/mol. The van der Waals surface area contributed by atoms with Crippen LogP contribution in [0.4, 0.5) is 0 Å². The lowest BCUT2D eigenvalue weighted by Crippen LogP contribution is -2.13. The van der Waals surface area contributed by atoms with Crippen molar-refractivity contribution in [2.24, 2.45) is 5.73 Å². The highest BCUT2D eigenvalue weighted by Crippen LogP contribution is 2.21. The molecule has 0 aliphatic carbocycles. The van der Waals surface area contributed by atoms with Gasteiger partial charge in [-0.3, -0.25) is 4.79 Å². The number of nitrogens with two attached hydrogens (primary N) is 1. The van der Waals surface area contributed by atoms with Gasteiger partial charge in [0, 0.05) is 6.42 Å². The van der Waals surface area contributed by atoms with E-state index in [-0.39, 0.29) is 18.9 Å². The summed E-state index contributed by atoms with van der Waals surface area (Å²) in [5.41, 5.74) is 9.26. The third-order valence-electron chi connectivity index (χ3n) is 2.90. The number of primary amides is 1. The highest BCUT2D eigenvalue weighted by Gasteiger charge is 2.01. The number of carbonyl (C=O) groups excluding carboxylic acids is 1. The molecular weight excluding hydrogens is 238 g/mol. The van der Waals surface area contributed by atoms with E-state index in [1.54, 1.807) is 6.42 Å². The SMILES string of the molecule is NC(=O)Cc1ccc(-c2ccc([CH]CO)cc2)cc1. The largest absolute Gasteiger partial charge is 0.396 e. The zero-order chi connectivity index (χ0) is 13.7. The van der Waals surface area contributed by atoms with E-state index in [9.17, 15) is 4.79 Å². The van der Waals surface area contributed by atoms with Crippen LogP contribution in [0.1, 0.15) is 11.1 Å². The van der Waals surface area contributed by atoms with Crippen LogP contribution in [0.15, 0.2) is 48.5 Å². The fraction of sp³-hybridized carbons (Fsp3) is 0.125. The third kappa shape index (κ3) is 3.66. The number of benzene rings is 2. The Morgan fingerprint density at radius 2 is 1.53 bits per heavy atom. The summed E-state index contributed by atoms with van der Waals surface area (Å²) < 4.78 is 0. The Hall–Kier alpha value is -2.13. The van der Waals surface area contributed by atoms with Gasteiger partial charge in [-0.1, -0.05) is 48.5 Å². The molecule has 19 heavy (non-hydrogen) atoms. The second-order valence-electron chi connectivity index (χ2n) is 4.35. The van der Waals surface area contributed by atoms with Crippen LogP contribution in [-0.4, -0.2) is 17.6 Å². The second-order valence-corrected chi connectivity index (χ2v) is 4.35. The summed E-state index contributed by atoms with van der Waals surface area (Å²) in [6.07, 6.45) is 2.02. The minimum atomic E-state index is -0.323. The first-order valence-electron chi connectivity index (χ1n) is 6.11. The van der Waals surface area contributed by atoms with Gasteiger partial charge in [-0.25, -0.2) is 0 Å². The van der Waals surface area contributed by atoms with Crippen molar-refractivity contribution in [3.63, 3.8) is 0 Å². The van der Waals surface area contributed by atoms with E-state index >= 15 is 0 Å². The smallest absolute Gasteiger partial charge is 0.221 e. The predicted octanol–water partition coefficient (Wildman–Crippen LogP) is 1.93. The Kier molecular flexibility index (Phi) is 4.31. The molecule has 2 rings (SSSR count). The second kappa shape index (κ2) is 6.16. The molecule has 3 N–H and O–H groups in total. The Labute approximate surface area is 112 Å². The van der Waals surface area contributed by atoms with Gasteiger partial charge < -0.3 is 10.8 Å². The summed E-state index contributed by atoms with van der Waals surface area (Å²) in [6.45, 7) is 0.0428. The maximum Gasteiger partial charge on any atom is 0.221 e. The van der Waals surface area contributed by atoms with E-state index in [4.69, 9.17) is 10.8 Å². The molecule has 0 bridgehead atoms. The van der Waals surface area contributed by atoms with Crippen LogP contribution in [0.25, 0.3) is 11.1 Å². The van der Waals surface area contributed by atoms with Gasteiger partial charge in [0.25, 0.3) is 0 Å². The topological polar surface area (TPSA) is 63.3 Å². The normalized spacial score (nSPS) is 10.4. The van der Waals surface area contributed by atoms with E-state index in [0.717, 1.165) is 22.3 Å². The summed E-state index contributed by atoms with van der Waals surface area (Å²) in [6, 6.07) is 15.7. The van der Waals surface area contributed by atoms with Crippen molar-refractivity contribution >= 4 is 5.91 Å². The van der Waals surface area contributed by atoms with Gasteiger partial charge in [0.2, 0.25) is 5.91 Å². The number of aliphatic hydroxyl groups is 1. The minimum Gasteiger partial charge on any atom is -0.396 e. The zero-order valence-corrected chi connectivity index (χ0v) is 10.5. The van der Waals surface area contributed by atoms with E-state index in [0.29, 0.717) is 0 Å². The Morgan fingerprint density at radius 1 is 1.00 bits per heavy atom. The van der Waals surface area contributed by atoms with Crippen molar-refractivity contribution in [1.29, 1.82) is 0 Å². The first-order valence-corrected chi connectivity index (χ1v) is 6.11. The molecule has 0 heterocycles. The van der Waals surface area contributed by atoms with Gasteiger partial charge in [-0.05, 0) is 22.3 Å². The van der Waals surface area contributed by atoms with Crippen LogP contribution in [0.2, 0.25) is 0 Å². The van der Waals surface area contributed by atoms with E-state index < -0.39 is 0 Å². The van der Waals surface area contributed by atoms with Gasteiger partial charge in [0.1, 0.15) is 0 Å². The highest BCUT2D eigenvalue weighted by molar-refractivity contribution is 5.77. The maximum atomic E-state index is 10.8. The van der Waals surface area contributed by atoms with Crippen LogP contribution in [-0.2, 0) is 11.2 Å². The van der Waals surface area contributed by atoms with Gasteiger partial charge >= 0.3 is 0 Å². The molecular formula is C16H16NO2. The number of hydrogen-bond acceptors (Lipinski definition) is 2. The molecule has 2 aromatic carbocycles. The molecule has 1 radical (unpaired) electrons. The van der Waals surface area contributed by atoms with Crippen molar-refractivity contribution < 1.29 is 9.90 Å². The standard InChI is InChI=1S/C16H16NO2/c17-16(19)11-13-3-7-15(8-4-13)14-5-1-12(2-6-14)9-10-18/h1-9,18H,10-11H2,(H2,17,19).